The number of anilines is 1. The maximum Gasteiger partial charge on any atom is 0.262 e. The number of fused-ring (bicyclic) bond motifs is 2. The Labute approximate surface area is 151 Å². The minimum Gasteiger partial charge on any atom is -0.352 e. The average molecular weight is 373 g/mol. The quantitative estimate of drug-likeness (QED) is 0.635. The molecular formula is C19H17ClN2O2S. The molecule has 2 aromatic carbocycles. The van der Waals surface area contributed by atoms with Crippen LogP contribution >= 0.6 is 10.7 Å². The summed E-state index contributed by atoms with van der Waals surface area (Å²) in [5, 5.41) is 0.552. The lowest BCUT2D eigenvalue weighted by atomic mass is 10.0. The molecule has 0 saturated carbocycles. The van der Waals surface area contributed by atoms with Gasteiger partial charge in [0.2, 0.25) is 0 Å². The number of pyridine rings is 1. The summed E-state index contributed by atoms with van der Waals surface area (Å²) in [6.07, 6.45) is 2.01. The van der Waals surface area contributed by atoms with Crippen LogP contribution in [0, 0.1) is 0 Å². The molecule has 0 spiro atoms. The summed E-state index contributed by atoms with van der Waals surface area (Å²) in [6, 6.07) is 17.1. The van der Waals surface area contributed by atoms with E-state index in [9.17, 15) is 8.42 Å². The van der Waals surface area contributed by atoms with Crippen molar-refractivity contribution in [2.45, 2.75) is 24.3 Å². The first-order valence-corrected chi connectivity index (χ1v) is 10.5. The van der Waals surface area contributed by atoms with Crippen LogP contribution in [0.1, 0.15) is 17.5 Å². The first kappa shape index (κ1) is 16.4. The van der Waals surface area contributed by atoms with Crippen LogP contribution in [0.4, 0.5) is 5.82 Å². The molecule has 25 heavy (non-hydrogen) atoms. The fourth-order valence-corrected chi connectivity index (χ4v) is 4.45. The van der Waals surface area contributed by atoms with Gasteiger partial charge in [-0.2, -0.15) is 0 Å². The Morgan fingerprint density at radius 3 is 2.52 bits per heavy atom. The molecule has 2 heterocycles. The van der Waals surface area contributed by atoms with E-state index in [0.717, 1.165) is 19.4 Å². The van der Waals surface area contributed by atoms with Crippen LogP contribution in [-0.4, -0.2) is 19.9 Å². The summed E-state index contributed by atoms with van der Waals surface area (Å²) in [5.74, 6) is 0.648. The highest BCUT2D eigenvalue weighted by molar-refractivity contribution is 8.14. The Balaban J connectivity index is 1.84. The van der Waals surface area contributed by atoms with Crippen LogP contribution in [0.3, 0.4) is 0 Å². The van der Waals surface area contributed by atoms with Gasteiger partial charge in [0.05, 0.1) is 10.4 Å². The number of para-hydroxylation sites is 1. The molecular weight excluding hydrogens is 356 g/mol. The fraction of sp³-hybridized carbons (Fsp3) is 0.211. The van der Waals surface area contributed by atoms with Gasteiger partial charge in [0.15, 0.2) is 0 Å². The van der Waals surface area contributed by atoms with Crippen LogP contribution in [0.25, 0.3) is 10.9 Å². The third-order valence-electron chi connectivity index (χ3n) is 4.61. The molecule has 4 rings (SSSR count). The first-order chi connectivity index (χ1) is 12.0. The molecule has 1 aromatic heterocycles. The molecule has 0 saturated heterocycles. The van der Waals surface area contributed by atoms with Crippen molar-refractivity contribution in [2.75, 3.05) is 11.4 Å². The number of hydrogen-bond acceptors (Lipinski definition) is 4. The van der Waals surface area contributed by atoms with Gasteiger partial charge in [-0.25, -0.2) is 13.4 Å². The van der Waals surface area contributed by atoms with E-state index < -0.39 is 9.05 Å². The van der Waals surface area contributed by atoms with E-state index in [-0.39, 0.29) is 4.90 Å². The molecule has 128 valence electrons. The van der Waals surface area contributed by atoms with E-state index in [2.05, 4.69) is 23.1 Å². The second-order valence-corrected chi connectivity index (χ2v) is 8.76. The van der Waals surface area contributed by atoms with Gasteiger partial charge in [0.25, 0.3) is 9.05 Å². The zero-order valence-electron chi connectivity index (χ0n) is 13.5. The lowest BCUT2D eigenvalue weighted by Gasteiger charge is -2.23. The highest BCUT2D eigenvalue weighted by atomic mass is 35.7. The highest BCUT2D eigenvalue weighted by Crippen LogP contribution is 2.30. The molecule has 4 nitrogen and oxygen atoms in total. The monoisotopic (exact) mass is 372 g/mol. The third kappa shape index (κ3) is 3.22. The van der Waals surface area contributed by atoms with E-state index in [1.54, 1.807) is 18.2 Å². The van der Waals surface area contributed by atoms with Crippen LogP contribution in [0.5, 0.6) is 0 Å². The molecule has 0 N–H and O–H groups in total. The molecule has 0 radical (unpaired) electrons. The maximum absolute atomic E-state index is 12.1. The Bertz CT molecular complexity index is 1050. The van der Waals surface area contributed by atoms with Gasteiger partial charge in [-0.15, -0.1) is 0 Å². The highest BCUT2D eigenvalue weighted by Gasteiger charge is 2.21. The molecule has 3 aromatic rings. The smallest absolute Gasteiger partial charge is 0.262 e. The second kappa shape index (κ2) is 6.32. The van der Waals surface area contributed by atoms with Crippen molar-refractivity contribution in [2.24, 2.45) is 0 Å². The molecule has 0 atom stereocenters. The standard InChI is InChI=1S/C19H17ClN2O2S/c20-25(23,24)18-12-19(21-17-10-4-3-9-16(17)18)22-11-5-8-14-6-1-2-7-15(14)13-22/h1-4,6-7,9-10,12H,5,8,11,13H2. The number of aromatic nitrogens is 1. The van der Waals surface area contributed by atoms with Crippen molar-refractivity contribution in [3.63, 3.8) is 0 Å². The van der Waals surface area contributed by atoms with Gasteiger partial charge in [-0.3, -0.25) is 0 Å². The zero-order chi connectivity index (χ0) is 17.4. The number of hydrogen-bond donors (Lipinski definition) is 0. The Morgan fingerprint density at radius 2 is 1.72 bits per heavy atom. The van der Waals surface area contributed by atoms with Gasteiger partial charge in [-0.1, -0.05) is 42.5 Å². The van der Waals surface area contributed by atoms with Gasteiger partial charge in [0.1, 0.15) is 5.82 Å². The molecule has 1 aliphatic rings. The lowest BCUT2D eigenvalue weighted by molar-refractivity contribution is 0.610. The van der Waals surface area contributed by atoms with Crippen molar-refractivity contribution >= 4 is 36.5 Å². The Hall–Kier alpha value is -2.11. The van der Waals surface area contributed by atoms with Crippen LogP contribution in [0.15, 0.2) is 59.5 Å². The molecule has 1 aliphatic heterocycles. The number of nitrogens with zero attached hydrogens (tertiary/aromatic N) is 2. The van der Waals surface area contributed by atoms with Gasteiger partial charge < -0.3 is 4.90 Å². The van der Waals surface area contributed by atoms with E-state index in [4.69, 9.17) is 15.7 Å². The molecule has 6 heteroatoms. The summed E-state index contributed by atoms with van der Waals surface area (Å²) in [6.45, 7) is 1.53. The minimum atomic E-state index is -3.85. The number of benzene rings is 2. The lowest BCUT2D eigenvalue weighted by Crippen LogP contribution is -2.23. The molecule has 0 amide bonds. The summed E-state index contributed by atoms with van der Waals surface area (Å²) >= 11 is 0. The van der Waals surface area contributed by atoms with Crippen molar-refractivity contribution < 1.29 is 8.42 Å². The zero-order valence-corrected chi connectivity index (χ0v) is 15.1. The van der Waals surface area contributed by atoms with E-state index in [1.807, 2.05) is 18.2 Å². The Morgan fingerprint density at radius 1 is 1.00 bits per heavy atom. The summed E-state index contributed by atoms with van der Waals surface area (Å²) in [7, 11) is 1.83. The predicted octanol–water partition coefficient (Wildman–Crippen LogP) is 4.12. The van der Waals surface area contributed by atoms with Crippen molar-refractivity contribution in [3.8, 4) is 0 Å². The summed E-state index contributed by atoms with van der Waals surface area (Å²) in [4.78, 5) is 6.94. The SMILES string of the molecule is O=S(=O)(Cl)c1cc(N2CCCc3ccccc3C2)nc2ccccc12. The number of halogens is 1. The fourth-order valence-electron chi connectivity index (χ4n) is 3.39. The predicted molar refractivity (Wildman–Crippen MR) is 101 cm³/mol. The van der Waals surface area contributed by atoms with Gasteiger partial charge in [0, 0.05) is 35.2 Å². The molecule has 0 bridgehead atoms. The molecule has 0 aliphatic carbocycles. The van der Waals surface area contributed by atoms with Crippen LogP contribution < -0.4 is 4.90 Å². The largest absolute Gasteiger partial charge is 0.352 e. The van der Waals surface area contributed by atoms with Crippen molar-refractivity contribution in [3.05, 3.63) is 65.7 Å². The topological polar surface area (TPSA) is 50.3 Å². The minimum absolute atomic E-state index is 0.118. The normalized spacial score (nSPS) is 15.0. The number of rotatable bonds is 2. The van der Waals surface area contributed by atoms with E-state index in [0.29, 0.717) is 23.3 Å². The molecule has 0 unspecified atom stereocenters. The average Bonchev–Trinajstić information content (AvgIpc) is 2.82. The van der Waals surface area contributed by atoms with Crippen LogP contribution in [-0.2, 0) is 22.0 Å². The van der Waals surface area contributed by atoms with E-state index in [1.165, 1.54) is 11.1 Å². The van der Waals surface area contributed by atoms with Gasteiger partial charge in [-0.05, 0) is 30.0 Å². The maximum atomic E-state index is 12.1. The Kier molecular flexibility index (Phi) is 4.13. The second-order valence-electron chi connectivity index (χ2n) is 6.23. The van der Waals surface area contributed by atoms with E-state index >= 15 is 0 Å². The number of aryl methyl sites for hydroxylation is 1. The third-order valence-corrected chi connectivity index (χ3v) is 5.97. The van der Waals surface area contributed by atoms with Crippen molar-refractivity contribution in [1.29, 1.82) is 0 Å². The molecule has 0 fully saturated rings. The first-order valence-electron chi connectivity index (χ1n) is 8.18. The summed E-state index contributed by atoms with van der Waals surface area (Å²) < 4.78 is 24.1. The van der Waals surface area contributed by atoms with Gasteiger partial charge >= 0.3 is 0 Å². The van der Waals surface area contributed by atoms with Crippen LogP contribution in [0.2, 0.25) is 0 Å². The van der Waals surface area contributed by atoms with Crippen molar-refractivity contribution in [1.82, 2.24) is 4.98 Å². The summed E-state index contributed by atoms with van der Waals surface area (Å²) in [5.41, 5.74) is 3.23.